The zero-order chi connectivity index (χ0) is 15.7. The van der Waals surface area contributed by atoms with E-state index < -0.39 is 0 Å². The van der Waals surface area contributed by atoms with Gasteiger partial charge in [0.2, 0.25) is 0 Å². The minimum absolute atomic E-state index is 0.0362. The summed E-state index contributed by atoms with van der Waals surface area (Å²) in [7, 11) is 0. The summed E-state index contributed by atoms with van der Waals surface area (Å²) < 4.78 is 1.63. The third kappa shape index (κ3) is 2.92. The Hall–Kier alpha value is -1.69. The van der Waals surface area contributed by atoms with E-state index in [9.17, 15) is 4.79 Å². The highest BCUT2D eigenvalue weighted by atomic mass is 35.5. The fourth-order valence-electron chi connectivity index (χ4n) is 2.39. The molecule has 3 aromatic rings. The van der Waals surface area contributed by atoms with Gasteiger partial charge >= 0.3 is 0 Å². The van der Waals surface area contributed by atoms with E-state index >= 15 is 0 Å². The van der Waals surface area contributed by atoms with Gasteiger partial charge in [-0.15, -0.1) is 11.3 Å². The molecule has 4 nitrogen and oxygen atoms in total. The largest absolute Gasteiger partial charge is 0.305 e. The summed E-state index contributed by atoms with van der Waals surface area (Å²) in [6.07, 6.45) is 0. The number of nitrogens with one attached hydrogen (secondary N) is 1. The molecule has 0 bridgehead atoms. The summed E-state index contributed by atoms with van der Waals surface area (Å²) in [6.45, 7) is 4.47. The number of fused-ring (bicyclic) bond motifs is 1. The van der Waals surface area contributed by atoms with E-state index in [4.69, 9.17) is 11.6 Å². The first-order chi connectivity index (χ1) is 10.6. The highest BCUT2D eigenvalue weighted by Crippen LogP contribution is 2.22. The summed E-state index contributed by atoms with van der Waals surface area (Å²) in [6, 6.07) is 9.41. The van der Waals surface area contributed by atoms with Crippen LogP contribution < -0.4 is 10.9 Å². The molecule has 114 valence electrons. The Kier molecular flexibility index (Phi) is 4.29. The second-order valence-electron chi connectivity index (χ2n) is 5.20. The Labute approximate surface area is 137 Å². The minimum atomic E-state index is -0.0362. The molecule has 0 aliphatic heterocycles. The van der Waals surface area contributed by atoms with Crippen LogP contribution in [0.15, 0.2) is 40.5 Å². The van der Waals surface area contributed by atoms with Crippen molar-refractivity contribution in [2.45, 2.75) is 26.4 Å². The van der Waals surface area contributed by atoms with Crippen molar-refractivity contribution < 1.29 is 0 Å². The van der Waals surface area contributed by atoms with Crippen molar-refractivity contribution in [2.75, 3.05) is 0 Å². The minimum Gasteiger partial charge on any atom is -0.305 e. The standard InChI is InChI=1S/C16H16ClN3OS/c1-10-9-22-16-19-12(7-15(21)20(10)16)8-18-11(2)13-5-3-4-6-14(13)17/h3-7,9,11,18H,8H2,1-2H3. The van der Waals surface area contributed by atoms with Gasteiger partial charge in [-0.3, -0.25) is 9.20 Å². The summed E-state index contributed by atoms with van der Waals surface area (Å²) >= 11 is 7.68. The van der Waals surface area contributed by atoms with Crippen LogP contribution in [-0.4, -0.2) is 9.38 Å². The molecule has 2 aromatic heterocycles. The summed E-state index contributed by atoms with van der Waals surface area (Å²) in [5.74, 6) is 0. The zero-order valence-corrected chi connectivity index (χ0v) is 13.9. The Bertz CT molecular complexity index is 871. The number of thiazole rings is 1. The average molecular weight is 334 g/mol. The van der Waals surface area contributed by atoms with E-state index in [2.05, 4.69) is 10.3 Å². The van der Waals surface area contributed by atoms with Crippen LogP contribution in [0, 0.1) is 6.92 Å². The number of benzene rings is 1. The van der Waals surface area contributed by atoms with E-state index in [1.54, 1.807) is 10.5 Å². The molecule has 0 spiro atoms. The lowest BCUT2D eigenvalue weighted by atomic mass is 10.1. The number of hydrogen-bond donors (Lipinski definition) is 1. The lowest BCUT2D eigenvalue weighted by Gasteiger charge is -2.15. The van der Waals surface area contributed by atoms with Crippen LogP contribution in [0.1, 0.15) is 29.9 Å². The predicted molar refractivity (Wildman–Crippen MR) is 90.8 cm³/mol. The molecule has 0 aliphatic rings. The van der Waals surface area contributed by atoms with E-state index in [1.165, 1.54) is 11.3 Å². The van der Waals surface area contributed by atoms with Crippen molar-refractivity contribution in [1.82, 2.24) is 14.7 Å². The molecule has 0 saturated heterocycles. The molecule has 6 heteroatoms. The van der Waals surface area contributed by atoms with Crippen LogP contribution in [-0.2, 0) is 6.54 Å². The number of aryl methyl sites for hydroxylation is 1. The molecule has 1 N–H and O–H groups in total. The SMILES string of the molecule is Cc1csc2nc(CNC(C)c3ccccc3Cl)cc(=O)n12. The summed E-state index contributed by atoms with van der Waals surface area (Å²) in [5, 5.41) is 6.04. The molecule has 22 heavy (non-hydrogen) atoms. The predicted octanol–water partition coefficient (Wildman–Crippen LogP) is 3.57. The highest BCUT2D eigenvalue weighted by molar-refractivity contribution is 7.15. The normalized spacial score (nSPS) is 12.7. The van der Waals surface area contributed by atoms with Gasteiger partial charge in [-0.1, -0.05) is 29.8 Å². The number of hydrogen-bond acceptors (Lipinski definition) is 4. The van der Waals surface area contributed by atoms with Gasteiger partial charge in [0.1, 0.15) is 0 Å². The van der Waals surface area contributed by atoms with E-state index in [-0.39, 0.29) is 11.6 Å². The Morgan fingerprint density at radius 2 is 2.18 bits per heavy atom. The maximum atomic E-state index is 12.1. The van der Waals surface area contributed by atoms with Crippen molar-refractivity contribution in [3.63, 3.8) is 0 Å². The highest BCUT2D eigenvalue weighted by Gasteiger charge is 2.10. The maximum Gasteiger partial charge on any atom is 0.259 e. The molecule has 0 fully saturated rings. The molecule has 3 rings (SSSR count). The molecule has 2 heterocycles. The van der Waals surface area contributed by atoms with E-state index in [1.807, 2.05) is 43.5 Å². The van der Waals surface area contributed by atoms with Crippen molar-refractivity contribution in [3.8, 4) is 0 Å². The zero-order valence-electron chi connectivity index (χ0n) is 12.3. The van der Waals surface area contributed by atoms with E-state index in [0.717, 1.165) is 26.9 Å². The molecule has 0 saturated carbocycles. The molecule has 0 radical (unpaired) electrons. The van der Waals surface area contributed by atoms with Crippen molar-refractivity contribution in [3.05, 3.63) is 68.0 Å². The van der Waals surface area contributed by atoms with Crippen molar-refractivity contribution in [2.24, 2.45) is 0 Å². The van der Waals surface area contributed by atoms with Gasteiger partial charge in [-0.2, -0.15) is 0 Å². The van der Waals surface area contributed by atoms with Gasteiger partial charge < -0.3 is 5.32 Å². The Morgan fingerprint density at radius 3 is 2.95 bits per heavy atom. The third-order valence-electron chi connectivity index (χ3n) is 3.59. The quantitative estimate of drug-likeness (QED) is 0.794. The fraction of sp³-hybridized carbons (Fsp3) is 0.250. The van der Waals surface area contributed by atoms with E-state index in [0.29, 0.717) is 6.54 Å². The van der Waals surface area contributed by atoms with Gasteiger partial charge in [-0.05, 0) is 25.5 Å². The first kappa shape index (κ1) is 15.2. The first-order valence-electron chi connectivity index (χ1n) is 7.01. The second kappa shape index (κ2) is 6.20. The molecule has 1 atom stereocenters. The number of aromatic nitrogens is 2. The average Bonchev–Trinajstić information content (AvgIpc) is 2.87. The number of halogens is 1. The maximum absolute atomic E-state index is 12.1. The Balaban J connectivity index is 1.79. The smallest absolute Gasteiger partial charge is 0.259 e. The summed E-state index contributed by atoms with van der Waals surface area (Å²) in [4.78, 5) is 17.4. The van der Waals surface area contributed by atoms with Gasteiger partial charge in [0, 0.05) is 34.7 Å². The van der Waals surface area contributed by atoms with Crippen molar-refractivity contribution in [1.29, 1.82) is 0 Å². The molecule has 1 aromatic carbocycles. The third-order valence-corrected chi connectivity index (χ3v) is 4.88. The van der Waals surface area contributed by atoms with Crippen LogP contribution in [0.4, 0.5) is 0 Å². The monoisotopic (exact) mass is 333 g/mol. The number of nitrogens with zero attached hydrogens (tertiary/aromatic N) is 2. The van der Waals surface area contributed by atoms with Crippen LogP contribution >= 0.6 is 22.9 Å². The van der Waals surface area contributed by atoms with Crippen LogP contribution in [0.25, 0.3) is 4.96 Å². The van der Waals surface area contributed by atoms with Gasteiger partial charge in [0.15, 0.2) is 4.96 Å². The topological polar surface area (TPSA) is 46.4 Å². The molecule has 1 unspecified atom stereocenters. The van der Waals surface area contributed by atoms with Gasteiger partial charge in [0.25, 0.3) is 5.56 Å². The number of rotatable bonds is 4. The van der Waals surface area contributed by atoms with Crippen LogP contribution in [0.5, 0.6) is 0 Å². The van der Waals surface area contributed by atoms with Crippen LogP contribution in [0.3, 0.4) is 0 Å². The molecular formula is C16H16ClN3OS. The van der Waals surface area contributed by atoms with Gasteiger partial charge in [-0.25, -0.2) is 4.98 Å². The van der Waals surface area contributed by atoms with Crippen molar-refractivity contribution >= 4 is 27.9 Å². The molecule has 0 aliphatic carbocycles. The second-order valence-corrected chi connectivity index (χ2v) is 6.45. The molecular weight excluding hydrogens is 318 g/mol. The van der Waals surface area contributed by atoms with Crippen LogP contribution in [0.2, 0.25) is 5.02 Å². The molecule has 0 amide bonds. The fourth-order valence-corrected chi connectivity index (χ4v) is 3.58. The lowest BCUT2D eigenvalue weighted by Crippen LogP contribution is -2.22. The lowest BCUT2D eigenvalue weighted by molar-refractivity contribution is 0.567. The first-order valence-corrected chi connectivity index (χ1v) is 8.26. The van der Waals surface area contributed by atoms with Gasteiger partial charge in [0.05, 0.1) is 5.69 Å². The summed E-state index contributed by atoms with van der Waals surface area (Å²) in [5.41, 5.74) is 2.66. The Morgan fingerprint density at radius 1 is 1.41 bits per heavy atom.